The van der Waals surface area contributed by atoms with Crippen LogP contribution in [0.2, 0.25) is 0 Å². The van der Waals surface area contributed by atoms with Gasteiger partial charge in [0.15, 0.2) is 5.13 Å². The van der Waals surface area contributed by atoms with E-state index in [1.807, 2.05) is 5.38 Å². The molecule has 2 aromatic rings. The van der Waals surface area contributed by atoms with Crippen LogP contribution in [0.3, 0.4) is 0 Å². The van der Waals surface area contributed by atoms with Crippen LogP contribution in [0.5, 0.6) is 0 Å². The van der Waals surface area contributed by atoms with Crippen LogP contribution in [-0.2, 0) is 16.0 Å². The van der Waals surface area contributed by atoms with Crippen molar-refractivity contribution >= 4 is 28.3 Å². The normalized spacial score (nSPS) is 14.5. The van der Waals surface area contributed by atoms with Gasteiger partial charge in [-0.15, -0.1) is 11.3 Å². The molecule has 25 heavy (non-hydrogen) atoms. The first-order valence-corrected chi connectivity index (χ1v) is 9.09. The molecule has 1 saturated heterocycles. The van der Waals surface area contributed by atoms with Crippen LogP contribution < -0.4 is 5.32 Å². The number of amides is 2. The Morgan fingerprint density at radius 3 is 2.60 bits per heavy atom. The summed E-state index contributed by atoms with van der Waals surface area (Å²) >= 11 is 1.41. The van der Waals surface area contributed by atoms with Gasteiger partial charge in [0.1, 0.15) is 5.82 Å². The molecular weight excluding hydrogens is 341 g/mol. The molecule has 0 unspecified atom stereocenters. The fourth-order valence-corrected chi connectivity index (χ4v) is 3.43. The van der Waals surface area contributed by atoms with Crippen LogP contribution in [0.4, 0.5) is 9.52 Å². The highest BCUT2D eigenvalue weighted by atomic mass is 32.1. The van der Waals surface area contributed by atoms with Gasteiger partial charge in [0, 0.05) is 18.5 Å². The van der Waals surface area contributed by atoms with E-state index in [9.17, 15) is 14.0 Å². The second kappa shape index (κ2) is 7.31. The SMILES string of the molecule is CC(C)c1csc(NC(=O)C2CN(C(=O)Cc3ccc(F)cc3)C2)n1. The Hall–Kier alpha value is -2.28. The summed E-state index contributed by atoms with van der Waals surface area (Å²) in [5, 5.41) is 5.37. The molecule has 5 nitrogen and oxygen atoms in total. The van der Waals surface area contributed by atoms with Crippen molar-refractivity contribution in [3.8, 4) is 0 Å². The van der Waals surface area contributed by atoms with Crippen LogP contribution in [0.15, 0.2) is 29.6 Å². The van der Waals surface area contributed by atoms with E-state index in [2.05, 4.69) is 24.1 Å². The van der Waals surface area contributed by atoms with Crippen LogP contribution in [0.25, 0.3) is 0 Å². The highest BCUT2D eigenvalue weighted by Crippen LogP contribution is 2.24. The summed E-state index contributed by atoms with van der Waals surface area (Å²) in [7, 11) is 0. The zero-order valence-electron chi connectivity index (χ0n) is 14.2. The van der Waals surface area contributed by atoms with Crippen molar-refractivity contribution in [2.45, 2.75) is 26.2 Å². The number of carbonyl (C=O) groups excluding carboxylic acids is 2. The number of aromatic nitrogens is 1. The number of hydrogen-bond acceptors (Lipinski definition) is 4. The molecule has 2 heterocycles. The molecular formula is C18H20FN3O2S. The Balaban J connectivity index is 1.47. The molecule has 3 rings (SSSR count). The number of rotatable bonds is 5. The monoisotopic (exact) mass is 361 g/mol. The molecule has 1 aromatic carbocycles. The average molecular weight is 361 g/mol. The molecule has 0 atom stereocenters. The molecule has 0 radical (unpaired) electrons. The molecule has 0 bridgehead atoms. The molecule has 1 aromatic heterocycles. The number of likely N-dealkylation sites (tertiary alicyclic amines) is 1. The summed E-state index contributed by atoms with van der Waals surface area (Å²) in [5.41, 5.74) is 1.73. The third kappa shape index (κ3) is 4.22. The van der Waals surface area contributed by atoms with Crippen molar-refractivity contribution in [2.24, 2.45) is 5.92 Å². The van der Waals surface area contributed by atoms with Gasteiger partial charge >= 0.3 is 0 Å². The molecule has 1 N–H and O–H groups in total. The van der Waals surface area contributed by atoms with Gasteiger partial charge in [-0.05, 0) is 23.6 Å². The van der Waals surface area contributed by atoms with Gasteiger partial charge in [0.2, 0.25) is 11.8 Å². The van der Waals surface area contributed by atoms with E-state index in [0.29, 0.717) is 24.1 Å². The third-order valence-corrected chi connectivity index (χ3v) is 4.99. The smallest absolute Gasteiger partial charge is 0.232 e. The highest BCUT2D eigenvalue weighted by Gasteiger charge is 2.35. The van der Waals surface area contributed by atoms with Gasteiger partial charge in [0.25, 0.3) is 0 Å². The molecule has 1 aliphatic rings. The summed E-state index contributed by atoms with van der Waals surface area (Å²) in [5.74, 6) is -0.351. The Morgan fingerprint density at radius 1 is 1.32 bits per heavy atom. The summed E-state index contributed by atoms with van der Waals surface area (Å²) < 4.78 is 12.9. The summed E-state index contributed by atoms with van der Waals surface area (Å²) in [6.45, 7) is 4.93. The summed E-state index contributed by atoms with van der Waals surface area (Å²) in [6.07, 6.45) is 0.221. The van der Waals surface area contributed by atoms with Crippen molar-refractivity contribution in [1.29, 1.82) is 0 Å². The number of nitrogens with zero attached hydrogens (tertiary/aromatic N) is 2. The molecule has 1 fully saturated rings. The first kappa shape index (κ1) is 17.5. The average Bonchev–Trinajstić information content (AvgIpc) is 2.97. The number of carbonyl (C=O) groups is 2. The van der Waals surface area contributed by atoms with Gasteiger partial charge in [-0.25, -0.2) is 9.37 Å². The third-order valence-electron chi connectivity index (χ3n) is 4.22. The minimum Gasteiger partial charge on any atom is -0.341 e. The van der Waals surface area contributed by atoms with Gasteiger partial charge in [0.05, 0.1) is 18.0 Å². The van der Waals surface area contributed by atoms with Gasteiger partial charge < -0.3 is 10.2 Å². The van der Waals surface area contributed by atoms with Gasteiger partial charge in [-0.2, -0.15) is 0 Å². The van der Waals surface area contributed by atoms with E-state index in [0.717, 1.165) is 11.3 Å². The Labute approximate surface area is 149 Å². The second-order valence-corrected chi connectivity index (χ2v) is 7.38. The first-order chi connectivity index (χ1) is 11.9. The standard InChI is InChI=1S/C18H20FN3O2S/c1-11(2)15-10-25-18(20-15)21-17(24)13-8-22(9-13)16(23)7-12-3-5-14(19)6-4-12/h3-6,10-11,13H,7-9H2,1-2H3,(H,20,21,24). The van der Waals surface area contributed by atoms with E-state index in [4.69, 9.17) is 0 Å². The predicted octanol–water partition coefficient (Wildman–Crippen LogP) is 3.05. The molecule has 7 heteroatoms. The fraction of sp³-hybridized carbons (Fsp3) is 0.389. The van der Waals surface area contributed by atoms with Crippen molar-refractivity contribution in [2.75, 3.05) is 18.4 Å². The number of anilines is 1. The minimum absolute atomic E-state index is 0.0491. The van der Waals surface area contributed by atoms with Crippen molar-refractivity contribution in [1.82, 2.24) is 9.88 Å². The van der Waals surface area contributed by atoms with E-state index in [1.54, 1.807) is 17.0 Å². The lowest BCUT2D eigenvalue weighted by Crippen LogP contribution is -2.54. The molecule has 0 aliphatic carbocycles. The maximum absolute atomic E-state index is 12.9. The van der Waals surface area contributed by atoms with E-state index < -0.39 is 0 Å². The lowest BCUT2D eigenvalue weighted by Gasteiger charge is -2.38. The molecule has 2 amide bonds. The van der Waals surface area contributed by atoms with Crippen LogP contribution in [0, 0.1) is 11.7 Å². The minimum atomic E-state index is -0.320. The van der Waals surface area contributed by atoms with Crippen molar-refractivity contribution in [3.05, 3.63) is 46.7 Å². The molecule has 132 valence electrons. The van der Waals surface area contributed by atoms with Gasteiger partial charge in [-0.1, -0.05) is 26.0 Å². The number of nitrogens with one attached hydrogen (secondary N) is 1. The predicted molar refractivity (Wildman–Crippen MR) is 95.0 cm³/mol. The molecule has 0 spiro atoms. The highest BCUT2D eigenvalue weighted by molar-refractivity contribution is 7.13. The van der Waals surface area contributed by atoms with E-state index in [-0.39, 0.29) is 30.0 Å². The van der Waals surface area contributed by atoms with Crippen LogP contribution >= 0.6 is 11.3 Å². The Morgan fingerprint density at radius 2 is 2.00 bits per heavy atom. The zero-order valence-corrected chi connectivity index (χ0v) is 15.0. The van der Waals surface area contributed by atoms with E-state index >= 15 is 0 Å². The van der Waals surface area contributed by atoms with Crippen LogP contribution in [-0.4, -0.2) is 34.8 Å². The second-order valence-electron chi connectivity index (χ2n) is 6.52. The maximum atomic E-state index is 12.9. The van der Waals surface area contributed by atoms with E-state index in [1.165, 1.54) is 23.5 Å². The maximum Gasteiger partial charge on any atom is 0.232 e. The van der Waals surface area contributed by atoms with Gasteiger partial charge in [-0.3, -0.25) is 9.59 Å². The first-order valence-electron chi connectivity index (χ1n) is 8.21. The quantitative estimate of drug-likeness (QED) is 0.890. The summed E-state index contributed by atoms with van der Waals surface area (Å²) in [6, 6.07) is 5.89. The largest absolute Gasteiger partial charge is 0.341 e. The lowest BCUT2D eigenvalue weighted by atomic mass is 9.98. The number of benzene rings is 1. The zero-order chi connectivity index (χ0) is 18.0. The van der Waals surface area contributed by atoms with Crippen molar-refractivity contribution < 1.29 is 14.0 Å². The Kier molecular flexibility index (Phi) is 5.13. The van der Waals surface area contributed by atoms with Crippen LogP contribution in [0.1, 0.15) is 31.0 Å². The lowest BCUT2D eigenvalue weighted by molar-refractivity contribution is -0.140. The molecule has 1 aliphatic heterocycles. The molecule has 0 saturated carbocycles. The fourth-order valence-electron chi connectivity index (χ4n) is 2.55. The number of halogens is 1. The van der Waals surface area contributed by atoms with Crippen molar-refractivity contribution in [3.63, 3.8) is 0 Å². The topological polar surface area (TPSA) is 62.3 Å². The Bertz CT molecular complexity index is 767. The number of hydrogen-bond donors (Lipinski definition) is 1. The summed E-state index contributed by atoms with van der Waals surface area (Å²) in [4.78, 5) is 30.4. The number of thiazole rings is 1.